The van der Waals surface area contributed by atoms with Crippen LogP contribution in [0.3, 0.4) is 0 Å². The smallest absolute Gasteiger partial charge is 0.389 e. The van der Waals surface area contributed by atoms with Gasteiger partial charge in [0.05, 0.1) is 0 Å². The third-order valence-corrected chi connectivity index (χ3v) is 2.61. The van der Waals surface area contributed by atoms with Gasteiger partial charge >= 0.3 is 6.09 Å². The Labute approximate surface area is 93.6 Å². The Bertz CT molecular complexity index is 351. The van der Waals surface area contributed by atoms with Crippen molar-refractivity contribution in [1.29, 1.82) is 0 Å². The molecule has 1 aromatic heterocycles. The average molecular weight is 222 g/mol. The van der Waals surface area contributed by atoms with Gasteiger partial charge < -0.3 is 15.0 Å². The molecule has 1 unspecified atom stereocenters. The van der Waals surface area contributed by atoms with Crippen LogP contribution >= 0.6 is 0 Å². The van der Waals surface area contributed by atoms with Crippen LogP contribution in [0.15, 0.2) is 18.3 Å². The molecule has 1 atom stereocenters. The third-order valence-electron chi connectivity index (χ3n) is 2.61. The van der Waals surface area contributed by atoms with Gasteiger partial charge in [0.15, 0.2) is 0 Å². The SMILES string of the molecule is CN(C(=O)Oc1cccnn1)C1CCNC1. The number of carbonyl (C=O) groups is 1. The van der Waals surface area contributed by atoms with Crippen molar-refractivity contribution < 1.29 is 9.53 Å². The lowest BCUT2D eigenvalue weighted by Crippen LogP contribution is -2.40. The van der Waals surface area contributed by atoms with Crippen molar-refractivity contribution in [2.45, 2.75) is 12.5 Å². The second-order valence-corrected chi connectivity index (χ2v) is 3.69. The van der Waals surface area contributed by atoms with Gasteiger partial charge in [0.2, 0.25) is 5.88 Å². The number of carbonyl (C=O) groups excluding carboxylic acids is 1. The molecular weight excluding hydrogens is 208 g/mol. The molecule has 1 aromatic rings. The molecule has 1 N–H and O–H groups in total. The number of rotatable bonds is 2. The maximum absolute atomic E-state index is 11.7. The molecule has 0 aliphatic carbocycles. The fraction of sp³-hybridized carbons (Fsp3) is 0.500. The summed E-state index contributed by atoms with van der Waals surface area (Å²) in [6.07, 6.45) is 2.09. The van der Waals surface area contributed by atoms with Crippen LogP contribution in [-0.2, 0) is 0 Å². The first-order valence-electron chi connectivity index (χ1n) is 5.20. The number of hydrogen-bond acceptors (Lipinski definition) is 5. The second kappa shape index (κ2) is 4.89. The zero-order chi connectivity index (χ0) is 11.4. The summed E-state index contributed by atoms with van der Waals surface area (Å²) in [6.45, 7) is 1.75. The van der Waals surface area contributed by atoms with Crippen molar-refractivity contribution >= 4 is 6.09 Å². The number of nitrogens with zero attached hydrogens (tertiary/aromatic N) is 3. The largest absolute Gasteiger partial charge is 0.416 e. The van der Waals surface area contributed by atoms with Gasteiger partial charge in [-0.15, -0.1) is 5.10 Å². The van der Waals surface area contributed by atoms with Gasteiger partial charge in [-0.25, -0.2) is 4.79 Å². The van der Waals surface area contributed by atoms with E-state index in [0.29, 0.717) is 0 Å². The first-order valence-corrected chi connectivity index (χ1v) is 5.20. The zero-order valence-corrected chi connectivity index (χ0v) is 9.09. The molecule has 86 valence electrons. The van der Waals surface area contributed by atoms with Crippen molar-refractivity contribution in [2.75, 3.05) is 20.1 Å². The lowest BCUT2D eigenvalue weighted by atomic mass is 10.2. The molecule has 1 aliphatic rings. The molecule has 0 radical (unpaired) electrons. The van der Waals surface area contributed by atoms with E-state index in [2.05, 4.69) is 15.5 Å². The van der Waals surface area contributed by atoms with Crippen molar-refractivity contribution in [1.82, 2.24) is 20.4 Å². The third kappa shape index (κ3) is 2.46. The summed E-state index contributed by atoms with van der Waals surface area (Å²) in [7, 11) is 1.73. The number of nitrogens with one attached hydrogen (secondary N) is 1. The van der Waals surface area contributed by atoms with Crippen LogP contribution in [-0.4, -0.2) is 47.4 Å². The Kier molecular flexibility index (Phi) is 3.31. The number of amides is 1. The normalized spacial score (nSPS) is 19.4. The van der Waals surface area contributed by atoms with E-state index in [1.54, 1.807) is 24.1 Å². The predicted molar refractivity (Wildman–Crippen MR) is 57.1 cm³/mol. The van der Waals surface area contributed by atoms with Gasteiger partial charge in [-0.05, 0) is 19.0 Å². The minimum atomic E-state index is -0.394. The molecule has 0 spiro atoms. The van der Waals surface area contributed by atoms with Gasteiger partial charge in [-0.2, -0.15) is 5.10 Å². The molecule has 2 heterocycles. The van der Waals surface area contributed by atoms with E-state index < -0.39 is 6.09 Å². The summed E-state index contributed by atoms with van der Waals surface area (Å²) in [5.74, 6) is 0.227. The van der Waals surface area contributed by atoms with Gasteiger partial charge in [-0.3, -0.25) is 0 Å². The topological polar surface area (TPSA) is 67.4 Å². The predicted octanol–water partition coefficient (Wildman–Crippen LogP) is 0.269. The Morgan fingerprint density at radius 1 is 1.69 bits per heavy atom. The summed E-state index contributed by atoms with van der Waals surface area (Å²) in [6, 6.07) is 3.47. The van der Waals surface area contributed by atoms with Crippen LogP contribution in [0.5, 0.6) is 5.88 Å². The van der Waals surface area contributed by atoms with E-state index in [4.69, 9.17) is 4.74 Å². The highest BCUT2D eigenvalue weighted by Gasteiger charge is 2.24. The highest BCUT2D eigenvalue weighted by atomic mass is 16.6. The number of aromatic nitrogens is 2. The van der Waals surface area contributed by atoms with E-state index in [9.17, 15) is 4.79 Å². The van der Waals surface area contributed by atoms with Gasteiger partial charge in [0.25, 0.3) is 0 Å². The summed E-state index contributed by atoms with van der Waals surface area (Å²) in [5, 5.41) is 10.5. The maximum Gasteiger partial charge on any atom is 0.416 e. The molecule has 6 nitrogen and oxygen atoms in total. The Morgan fingerprint density at radius 3 is 3.19 bits per heavy atom. The molecule has 0 bridgehead atoms. The minimum Gasteiger partial charge on any atom is -0.389 e. The Balaban J connectivity index is 1.92. The highest BCUT2D eigenvalue weighted by molar-refractivity contribution is 5.70. The lowest BCUT2D eigenvalue weighted by molar-refractivity contribution is 0.146. The number of ether oxygens (including phenoxy) is 1. The standard InChI is InChI=1S/C10H14N4O2/c1-14(8-4-6-11-7-8)10(15)16-9-3-2-5-12-13-9/h2-3,5,8,11H,4,6-7H2,1H3. The Morgan fingerprint density at radius 2 is 2.56 bits per heavy atom. The van der Waals surface area contributed by atoms with E-state index in [-0.39, 0.29) is 11.9 Å². The summed E-state index contributed by atoms with van der Waals surface area (Å²) < 4.78 is 5.07. The van der Waals surface area contributed by atoms with E-state index >= 15 is 0 Å². The average Bonchev–Trinajstić information content (AvgIpc) is 2.83. The molecule has 1 fully saturated rings. The second-order valence-electron chi connectivity index (χ2n) is 3.69. The molecule has 16 heavy (non-hydrogen) atoms. The molecule has 2 rings (SSSR count). The van der Waals surface area contributed by atoms with Crippen LogP contribution in [0.1, 0.15) is 6.42 Å². The first-order chi connectivity index (χ1) is 7.77. The highest BCUT2D eigenvalue weighted by Crippen LogP contribution is 2.09. The van der Waals surface area contributed by atoms with Crippen molar-refractivity contribution in [3.63, 3.8) is 0 Å². The summed E-state index contributed by atoms with van der Waals surface area (Å²) in [4.78, 5) is 13.3. The molecular formula is C10H14N4O2. The van der Waals surface area contributed by atoms with E-state index in [1.165, 1.54) is 6.20 Å². The maximum atomic E-state index is 11.7. The number of hydrogen-bond donors (Lipinski definition) is 1. The van der Waals surface area contributed by atoms with Gasteiger partial charge in [0, 0.05) is 31.9 Å². The first kappa shape index (κ1) is 10.8. The quantitative estimate of drug-likeness (QED) is 0.778. The zero-order valence-electron chi connectivity index (χ0n) is 9.09. The van der Waals surface area contributed by atoms with Crippen molar-refractivity contribution in [2.24, 2.45) is 0 Å². The van der Waals surface area contributed by atoms with Crippen molar-refractivity contribution in [3.8, 4) is 5.88 Å². The van der Waals surface area contributed by atoms with Gasteiger partial charge in [-0.1, -0.05) is 0 Å². The van der Waals surface area contributed by atoms with Gasteiger partial charge in [0.1, 0.15) is 0 Å². The van der Waals surface area contributed by atoms with Crippen LogP contribution < -0.4 is 10.1 Å². The summed E-state index contributed by atoms with van der Waals surface area (Å²) >= 11 is 0. The number of likely N-dealkylation sites (N-methyl/N-ethyl adjacent to an activating group) is 1. The molecule has 1 amide bonds. The monoisotopic (exact) mass is 222 g/mol. The molecule has 0 aromatic carbocycles. The van der Waals surface area contributed by atoms with Crippen molar-refractivity contribution in [3.05, 3.63) is 18.3 Å². The van der Waals surface area contributed by atoms with Crippen LogP contribution in [0.4, 0.5) is 4.79 Å². The minimum absolute atomic E-state index is 0.198. The van der Waals surface area contributed by atoms with Crippen LogP contribution in [0, 0.1) is 0 Å². The molecule has 1 saturated heterocycles. The lowest BCUT2D eigenvalue weighted by Gasteiger charge is -2.22. The van der Waals surface area contributed by atoms with E-state index in [1.807, 2.05) is 0 Å². The molecule has 0 saturated carbocycles. The fourth-order valence-electron chi connectivity index (χ4n) is 1.62. The fourth-order valence-corrected chi connectivity index (χ4v) is 1.62. The Hall–Kier alpha value is -1.69. The van der Waals surface area contributed by atoms with Crippen LogP contribution in [0.25, 0.3) is 0 Å². The van der Waals surface area contributed by atoms with E-state index in [0.717, 1.165) is 19.5 Å². The molecule has 1 aliphatic heterocycles. The summed E-state index contributed by atoms with van der Waals surface area (Å²) in [5.41, 5.74) is 0. The molecule has 6 heteroatoms. The van der Waals surface area contributed by atoms with Crippen LogP contribution in [0.2, 0.25) is 0 Å².